The minimum absolute atomic E-state index is 0.468. The van der Waals surface area contributed by atoms with Gasteiger partial charge < -0.3 is 4.74 Å². The molecule has 2 nitrogen and oxygen atoms in total. The van der Waals surface area contributed by atoms with Crippen LogP contribution in [0.2, 0.25) is 0 Å². The van der Waals surface area contributed by atoms with Gasteiger partial charge in [0.05, 0.1) is 0 Å². The van der Waals surface area contributed by atoms with Gasteiger partial charge in [0.25, 0.3) is 0 Å². The van der Waals surface area contributed by atoms with Gasteiger partial charge in [0, 0.05) is 30.7 Å². The highest BCUT2D eigenvalue weighted by Crippen LogP contribution is 2.35. The monoisotopic (exact) mass is 258 g/mol. The predicted molar refractivity (Wildman–Crippen MR) is 77.0 cm³/mol. The summed E-state index contributed by atoms with van der Waals surface area (Å²) in [5.41, 5.74) is 0.722. The number of fused-ring (bicyclic) bond motifs is 1. The molecule has 3 heteroatoms. The summed E-state index contributed by atoms with van der Waals surface area (Å²) in [6.45, 7) is 0.863. The molecule has 0 aromatic heterocycles. The molecule has 0 amide bonds. The molecule has 3 rings (SSSR count). The van der Waals surface area contributed by atoms with E-state index in [9.17, 15) is 0 Å². The zero-order valence-electron chi connectivity index (χ0n) is 10.4. The summed E-state index contributed by atoms with van der Waals surface area (Å²) in [4.78, 5) is 0. The molecule has 1 aliphatic heterocycles. The molecule has 93 valence electrons. The van der Waals surface area contributed by atoms with Gasteiger partial charge in [-0.05, 0) is 10.8 Å². The Kier molecular flexibility index (Phi) is 3.29. The third kappa shape index (κ3) is 1.92. The minimum Gasteiger partial charge on any atom is -0.357 e. The zero-order valence-corrected chi connectivity index (χ0v) is 11.2. The number of methoxy groups -OCH3 is 1. The van der Waals surface area contributed by atoms with Crippen LogP contribution in [0, 0.1) is 0 Å². The fourth-order valence-corrected chi connectivity index (χ4v) is 3.52. The lowest BCUT2D eigenvalue weighted by Gasteiger charge is -2.36. The Bertz CT molecular complexity index is 544. The number of hydrogen-bond donors (Lipinski definition) is 0. The van der Waals surface area contributed by atoms with Crippen LogP contribution in [-0.2, 0) is 10.5 Å². The van der Waals surface area contributed by atoms with Crippen molar-refractivity contribution in [1.29, 1.82) is 0 Å². The van der Waals surface area contributed by atoms with E-state index in [1.54, 1.807) is 7.11 Å². The molecule has 18 heavy (non-hydrogen) atoms. The Labute approximate surface area is 112 Å². The van der Waals surface area contributed by atoms with Gasteiger partial charge >= 0.3 is 0 Å². The average Bonchev–Trinajstić information content (AvgIpc) is 2.47. The Balaban J connectivity index is 2.17. The molecular weight excluding hydrogens is 242 g/mol. The van der Waals surface area contributed by atoms with E-state index in [2.05, 4.69) is 42.5 Å². The predicted octanol–water partition coefficient (Wildman–Crippen LogP) is 2.99. The zero-order chi connectivity index (χ0) is 12.4. The standard InChI is InChI=1S/C15H16NOS/c1-17-15(11-18-10-9-16-15)14-8-4-6-12-5-2-3-7-13(12)14/h2-8H,9-11H2,1H3. The van der Waals surface area contributed by atoms with Gasteiger partial charge in [-0.1, -0.05) is 42.5 Å². The second-order valence-corrected chi connectivity index (χ2v) is 5.55. The van der Waals surface area contributed by atoms with Gasteiger partial charge in [0.15, 0.2) is 5.72 Å². The second kappa shape index (κ2) is 4.92. The molecule has 0 bridgehead atoms. The van der Waals surface area contributed by atoms with E-state index >= 15 is 0 Å². The van der Waals surface area contributed by atoms with E-state index in [4.69, 9.17) is 10.1 Å². The van der Waals surface area contributed by atoms with Crippen molar-refractivity contribution in [3.63, 3.8) is 0 Å². The summed E-state index contributed by atoms with van der Waals surface area (Å²) < 4.78 is 5.79. The molecule has 1 saturated heterocycles. The van der Waals surface area contributed by atoms with Gasteiger partial charge in [-0.25, -0.2) is 5.32 Å². The van der Waals surface area contributed by atoms with E-state index < -0.39 is 5.72 Å². The highest BCUT2D eigenvalue weighted by atomic mass is 32.2. The van der Waals surface area contributed by atoms with Gasteiger partial charge in [-0.3, -0.25) is 0 Å². The maximum Gasteiger partial charge on any atom is 0.169 e. The Morgan fingerprint density at radius 2 is 2.00 bits per heavy atom. The maximum absolute atomic E-state index is 5.79. The first kappa shape index (κ1) is 12.0. The van der Waals surface area contributed by atoms with Crippen molar-refractivity contribution >= 4 is 22.5 Å². The van der Waals surface area contributed by atoms with Gasteiger partial charge in [-0.15, -0.1) is 0 Å². The molecule has 0 saturated carbocycles. The van der Waals surface area contributed by atoms with Crippen LogP contribution >= 0.6 is 11.8 Å². The number of rotatable bonds is 2. The lowest BCUT2D eigenvalue weighted by atomic mass is 9.96. The molecule has 1 radical (unpaired) electrons. The fourth-order valence-electron chi connectivity index (χ4n) is 2.51. The van der Waals surface area contributed by atoms with Crippen molar-refractivity contribution < 1.29 is 4.74 Å². The van der Waals surface area contributed by atoms with Crippen LogP contribution in [-0.4, -0.2) is 25.2 Å². The highest BCUT2D eigenvalue weighted by molar-refractivity contribution is 7.99. The van der Waals surface area contributed by atoms with Crippen LogP contribution in [0.5, 0.6) is 0 Å². The van der Waals surface area contributed by atoms with Crippen LogP contribution in [0.3, 0.4) is 0 Å². The van der Waals surface area contributed by atoms with Crippen molar-refractivity contribution in [2.45, 2.75) is 5.72 Å². The largest absolute Gasteiger partial charge is 0.357 e. The van der Waals surface area contributed by atoms with Crippen LogP contribution in [0.1, 0.15) is 5.56 Å². The molecule has 1 heterocycles. The molecule has 0 spiro atoms. The summed E-state index contributed by atoms with van der Waals surface area (Å²) in [5, 5.41) is 7.25. The highest BCUT2D eigenvalue weighted by Gasteiger charge is 2.36. The molecule has 0 aliphatic carbocycles. The van der Waals surface area contributed by atoms with Crippen molar-refractivity contribution in [2.75, 3.05) is 25.2 Å². The molecule has 1 unspecified atom stereocenters. The maximum atomic E-state index is 5.79. The van der Waals surface area contributed by atoms with E-state index in [1.165, 1.54) is 16.3 Å². The third-order valence-corrected chi connectivity index (χ3v) is 4.52. The lowest BCUT2D eigenvalue weighted by molar-refractivity contribution is -0.0269. The fraction of sp³-hybridized carbons (Fsp3) is 0.333. The van der Waals surface area contributed by atoms with E-state index in [-0.39, 0.29) is 0 Å². The van der Waals surface area contributed by atoms with E-state index in [1.807, 2.05) is 11.8 Å². The number of thioether (sulfide) groups is 1. The quantitative estimate of drug-likeness (QED) is 0.826. The van der Waals surface area contributed by atoms with Gasteiger partial charge in [-0.2, -0.15) is 11.8 Å². The smallest absolute Gasteiger partial charge is 0.169 e. The lowest BCUT2D eigenvalue weighted by Crippen LogP contribution is -2.45. The second-order valence-electron chi connectivity index (χ2n) is 4.45. The number of benzene rings is 2. The van der Waals surface area contributed by atoms with Crippen molar-refractivity contribution in [1.82, 2.24) is 5.32 Å². The third-order valence-electron chi connectivity index (χ3n) is 3.45. The van der Waals surface area contributed by atoms with Crippen molar-refractivity contribution in [2.24, 2.45) is 0 Å². The van der Waals surface area contributed by atoms with Crippen LogP contribution in [0.25, 0.3) is 10.8 Å². The average molecular weight is 258 g/mol. The molecule has 1 atom stereocenters. The first-order valence-corrected chi connectivity index (χ1v) is 7.31. The Morgan fingerprint density at radius 3 is 2.78 bits per heavy atom. The molecule has 1 fully saturated rings. The molecular formula is C15H16NOS. The van der Waals surface area contributed by atoms with Crippen molar-refractivity contribution in [3.05, 3.63) is 48.0 Å². The van der Waals surface area contributed by atoms with Crippen LogP contribution < -0.4 is 5.32 Å². The molecule has 2 aromatic rings. The topological polar surface area (TPSA) is 23.3 Å². The minimum atomic E-state index is -0.468. The molecule has 0 N–H and O–H groups in total. The molecule has 2 aromatic carbocycles. The number of ether oxygens (including phenoxy) is 1. The first-order chi connectivity index (χ1) is 8.86. The van der Waals surface area contributed by atoms with Gasteiger partial charge in [0.2, 0.25) is 0 Å². The van der Waals surface area contributed by atoms with Crippen LogP contribution in [0.15, 0.2) is 42.5 Å². The van der Waals surface area contributed by atoms with E-state index in [0.29, 0.717) is 0 Å². The number of hydrogen-bond acceptors (Lipinski definition) is 2. The van der Waals surface area contributed by atoms with Crippen LogP contribution in [0.4, 0.5) is 0 Å². The summed E-state index contributed by atoms with van der Waals surface area (Å²) in [6, 6.07) is 14.8. The summed E-state index contributed by atoms with van der Waals surface area (Å²) in [6.07, 6.45) is 0. The summed E-state index contributed by atoms with van der Waals surface area (Å²) in [7, 11) is 1.76. The Morgan fingerprint density at radius 1 is 1.17 bits per heavy atom. The number of nitrogens with zero attached hydrogens (tertiary/aromatic N) is 1. The summed E-state index contributed by atoms with van der Waals surface area (Å²) >= 11 is 1.91. The SMILES string of the molecule is COC1(c2cccc3ccccc23)CSCC[N]1. The van der Waals surface area contributed by atoms with Gasteiger partial charge in [0.1, 0.15) is 0 Å². The van der Waals surface area contributed by atoms with E-state index in [0.717, 1.165) is 18.1 Å². The normalized spacial score (nSPS) is 24.3. The first-order valence-electron chi connectivity index (χ1n) is 6.15. The summed E-state index contributed by atoms with van der Waals surface area (Å²) in [5.74, 6) is 1.99. The Hall–Kier alpha value is -1.03. The van der Waals surface area contributed by atoms with Crippen molar-refractivity contribution in [3.8, 4) is 0 Å². The molecule has 1 aliphatic rings.